The Labute approximate surface area is 212 Å². The lowest BCUT2D eigenvalue weighted by Gasteiger charge is -2.27. The van der Waals surface area contributed by atoms with E-state index in [0.29, 0.717) is 17.4 Å². The molecule has 1 aliphatic heterocycles. The minimum absolute atomic E-state index is 0.0859. The number of hydrogen-bond acceptors (Lipinski definition) is 9. The molecule has 1 aromatic carbocycles. The molecular formula is C25H28FN9O2. The van der Waals surface area contributed by atoms with E-state index in [1.54, 1.807) is 12.3 Å². The van der Waals surface area contributed by atoms with Crippen LogP contribution in [0.3, 0.4) is 0 Å². The van der Waals surface area contributed by atoms with Crippen LogP contribution in [0.2, 0.25) is 0 Å². The van der Waals surface area contributed by atoms with Gasteiger partial charge in [0, 0.05) is 36.8 Å². The number of nitrogens with one attached hydrogen (secondary N) is 3. The number of anilines is 2. The maximum Gasteiger partial charge on any atom is 0.315 e. The number of aryl methyl sites for hydroxylation is 1. The van der Waals surface area contributed by atoms with Gasteiger partial charge in [-0.2, -0.15) is 10.1 Å². The van der Waals surface area contributed by atoms with Gasteiger partial charge in [0.1, 0.15) is 5.69 Å². The molecule has 0 spiro atoms. The van der Waals surface area contributed by atoms with Crippen LogP contribution in [0.15, 0.2) is 41.3 Å². The number of rotatable bonds is 7. The smallest absolute Gasteiger partial charge is 0.315 e. The largest absolute Gasteiger partial charge is 0.344 e. The third kappa shape index (κ3) is 5.33. The Morgan fingerprint density at radius 1 is 1.24 bits per heavy atom. The predicted molar refractivity (Wildman–Crippen MR) is 134 cm³/mol. The van der Waals surface area contributed by atoms with E-state index in [-0.39, 0.29) is 29.5 Å². The fourth-order valence-corrected chi connectivity index (χ4v) is 3.73. The average molecular weight is 506 g/mol. The first kappa shape index (κ1) is 24.5. The summed E-state index contributed by atoms with van der Waals surface area (Å²) in [6.07, 6.45) is 4.71. The summed E-state index contributed by atoms with van der Waals surface area (Å²) in [5, 5.41) is 17.3. The van der Waals surface area contributed by atoms with E-state index in [0.717, 1.165) is 36.1 Å². The maximum atomic E-state index is 14.7. The van der Waals surface area contributed by atoms with Crippen LogP contribution in [0.1, 0.15) is 54.4 Å². The molecule has 5 rings (SSSR count). The normalized spacial score (nSPS) is 13.9. The molecule has 0 bridgehead atoms. The third-order valence-corrected chi connectivity index (χ3v) is 6.08. The van der Waals surface area contributed by atoms with Crippen molar-refractivity contribution in [3.8, 4) is 11.3 Å². The van der Waals surface area contributed by atoms with Crippen molar-refractivity contribution in [2.45, 2.75) is 45.7 Å². The molecule has 1 aliphatic rings. The molecule has 1 fully saturated rings. The lowest BCUT2D eigenvalue weighted by atomic mass is 9.96. The molecule has 0 unspecified atom stereocenters. The van der Waals surface area contributed by atoms with Gasteiger partial charge in [-0.1, -0.05) is 38.1 Å². The van der Waals surface area contributed by atoms with Crippen LogP contribution >= 0.6 is 0 Å². The second kappa shape index (κ2) is 9.69. The number of amides is 1. The molecule has 4 heterocycles. The standard InChI is InChI=1S/C25H28FN9O2/c1-14-7-15(5-6-16(14)8-28-21(36)22-33-23(34-37-22)25(2,3)4)20-19(26)12-29-24(32-20)31-17-9-30-35(13-17)18-10-27-11-18/h5-7,9,12-13,18,27H,8,10-11H2,1-4H3,(H,28,36)(H,29,31,32). The van der Waals surface area contributed by atoms with Crippen molar-refractivity contribution >= 4 is 17.5 Å². The van der Waals surface area contributed by atoms with Crippen molar-refractivity contribution in [2.75, 3.05) is 18.4 Å². The number of carbonyl (C=O) groups is 1. The number of hydrogen-bond donors (Lipinski definition) is 3. The first-order chi connectivity index (χ1) is 17.7. The SMILES string of the molecule is Cc1cc(-c2nc(Nc3cnn(C4CNC4)c3)ncc2F)ccc1CNC(=O)c1nc(C(C)(C)C)no1. The zero-order chi connectivity index (χ0) is 26.2. The Balaban J connectivity index is 1.27. The molecule has 3 N–H and O–H groups in total. The zero-order valence-corrected chi connectivity index (χ0v) is 21.0. The highest BCUT2D eigenvalue weighted by atomic mass is 19.1. The van der Waals surface area contributed by atoms with Gasteiger partial charge >= 0.3 is 11.8 Å². The molecule has 192 valence electrons. The molecule has 0 saturated carbocycles. The quantitative estimate of drug-likeness (QED) is 0.346. The van der Waals surface area contributed by atoms with E-state index < -0.39 is 11.7 Å². The number of benzene rings is 1. The molecule has 1 saturated heterocycles. The summed E-state index contributed by atoms with van der Waals surface area (Å²) in [4.78, 5) is 25.1. The molecule has 0 radical (unpaired) electrons. The molecular weight excluding hydrogens is 477 g/mol. The molecule has 37 heavy (non-hydrogen) atoms. The van der Waals surface area contributed by atoms with Gasteiger partial charge in [0.15, 0.2) is 11.6 Å². The molecule has 3 aromatic heterocycles. The molecule has 11 nitrogen and oxygen atoms in total. The zero-order valence-electron chi connectivity index (χ0n) is 21.0. The third-order valence-electron chi connectivity index (χ3n) is 6.08. The Hall–Kier alpha value is -4.19. The van der Waals surface area contributed by atoms with Crippen LogP contribution in [0, 0.1) is 12.7 Å². The highest BCUT2D eigenvalue weighted by Gasteiger charge is 2.24. The van der Waals surface area contributed by atoms with Crippen molar-refractivity contribution in [2.24, 2.45) is 0 Å². The first-order valence-corrected chi connectivity index (χ1v) is 11.9. The lowest BCUT2D eigenvalue weighted by Crippen LogP contribution is -2.43. The molecule has 1 amide bonds. The second-order valence-corrected chi connectivity index (χ2v) is 10.0. The molecule has 0 atom stereocenters. The van der Waals surface area contributed by atoms with Crippen LogP contribution in [-0.2, 0) is 12.0 Å². The summed E-state index contributed by atoms with van der Waals surface area (Å²) in [6.45, 7) is 9.71. The second-order valence-electron chi connectivity index (χ2n) is 10.0. The highest BCUT2D eigenvalue weighted by Crippen LogP contribution is 2.25. The van der Waals surface area contributed by atoms with Crippen LogP contribution in [0.4, 0.5) is 16.0 Å². The molecule has 4 aromatic rings. The fraction of sp³-hybridized carbons (Fsp3) is 0.360. The van der Waals surface area contributed by atoms with E-state index in [4.69, 9.17) is 4.52 Å². The van der Waals surface area contributed by atoms with Gasteiger partial charge in [0.05, 0.1) is 24.1 Å². The monoisotopic (exact) mass is 505 g/mol. The number of halogens is 1. The van der Waals surface area contributed by atoms with Crippen molar-refractivity contribution in [1.29, 1.82) is 0 Å². The van der Waals surface area contributed by atoms with Crippen LogP contribution < -0.4 is 16.0 Å². The highest BCUT2D eigenvalue weighted by molar-refractivity contribution is 5.89. The van der Waals surface area contributed by atoms with Crippen molar-refractivity contribution < 1.29 is 13.7 Å². The Morgan fingerprint density at radius 2 is 2.05 bits per heavy atom. The lowest BCUT2D eigenvalue weighted by molar-refractivity contribution is 0.0907. The summed E-state index contributed by atoms with van der Waals surface area (Å²) in [5.41, 5.74) is 2.89. The molecule has 0 aliphatic carbocycles. The minimum atomic E-state index is -0.534. The average Bonchev–Trinajstić information content (AvgIpc) is 3.48. The van der Waals surface area contributed by atoms with Gasteiger partial charge < -0.3 is 20.5 Å². The van der Waals surface area contributed by atoms with Crippen LogP contribution in [0.25, 0.3) is 11.3 Å². The summed E-state index contributed by atoms with van der Waals surface area (Å²) in [5.74, 6) is -0.347. The Morgan fingerprint density at radius 3 is 2.73 bits per heavy atom. The minimum Gasteiger partial charge on any atom is -0.344 e. The summed E-state index contributed by atoms with van der Waals surface area (Å²) in [7, 11) is 0. The van der Waals surface area contributed by atoms with Gasteiger partial charge in [-0.25, -0.2) is 14.4 Å². The maximum absolute atomic E-state index is 14.7. The van der Waals surface area contributed by atoms with Crippen molar-refractivity contribution in [1.82, 2.24) is 40.5 Å². The summed E-state index contributed by atoms with van der Waals surface area (Å²) in [6, 6.07) is 5.74. The fourth-order valence-electron chi connectivity index (χ4n) is 3.73. The van der Waals surface area contributed by atoms with Gasteiger partial charge in [-0.05, 0) is 24.1 Å². The van der Waals surface area contributed by atoms with E-state index in [1.165, 1.54) is 0 Å². The number of carbonyl (C=O) groups excluding carboxylic acids is 1. The van der Waals surface area contributed by atoms with E-state index in [1.807, 2.05) is 50.7 Å². The van der Waals surface area contributed by atoms with Crippen LogP contribution in [0.5, 0.6) is 0 Å². The Bertz CT molecular complexity index is 1440. The van der Waals surface area contributed by atoms with Gasteiger partial charge in [-0.15, -0.1) is 0 Å². The molecule has 12 heteroatoms. The summed E-state index contributed by atoms with van der Waals surface area (Å²) < 4.78 is 21.6. The van der Waals surface area contributed by atoms with Crippen molar-refractivity contribution in [3.05, 3.63) is 65.4 Å². The van der Waals surface area contributed by atoms with Gasteiger partial charge in [0.25, 0.3) is 0 Å². The van der Waals surface area contributed by atoms with Gasteiger partial charge in [-0.3, -0.25) is 9.48 Å². The van der Waals surface area contributed by atoms with Gasteiger partial charge in [0.2, 0.25) is 5.95 Å². The first-order valence-electron chi connectivity index (χ1n) is 11.9. The topological polar surface area (TPSA) is 136 Å². The Kier molecular flexibility index (Phi) is 6.42. The summed E-state index contributed by atoms with van der Waals surface area (Å²) >= 11 is 0. The van der Waals surface area contributed by atoms with E-state index in [2.05, 4.69) is 41.2 Å². The van der Waals surface area contributed by atoms with Crippen LogP contribution in [-0.4, -0.2) is 48.9 Å². The predicted octanol–water partition coefficient (Wildman–Crippen LogP) is 3.29. The van der Waals surface area contributed by atoms with E-state index >= 15 is 0 Å². The van der Waals surface area contributed by atoms with Crippen molar-refractivity contribution in [3.63, 3.8) is 0 Å². The van der Waals surface area contributed by atoms with E-state index in [9.17, 15) is 9.18 Å². The number of nitrogens with zero attached hydrogens (tertiary/aromatic N) is 6. The number of aromatic nitrogens is 6.